The van der Waals surface area contributed by atoms with Crippen LogP contribution >= 0.6 is 0 Å². The smallest absolute Gasteiger partial charge is 0.182 e. The van der Waals surface area contributed by atoms with E-state index in [0.29, 0.717) is 5.92 Å². The minimum atomic E-state index is 0.613. The maximum absolute atomic E-state index is 5.01. The van der Waals surface area contributed by atoms with E-state index in [0.717, 1.165) is 22.9 Å². The van der Waals surface area contributed by atoms with Gasteiger partial charge in [-0.1, -0.05) is 83.4 Å². The lowest BCUT2D eigenvalue weighted by molar-refractivity contribution is 0.403. The molecule has 4 heteroatoms. The maximum Gasteiger partial charge on any atom is 0.182 e. The van der Waals surface area contributed by atoms with Gasteiger partial charge in [0.1, 0.15) is 5.52 Å². The fourth-order valence-electron chi connectivity index (χ4n) is 5.34. The zero-order valence-electron chi connectivity index (χ0n) is 17.2. The van der Waals surface area contributed by atoms with Crippen LogP contribution in [-0.4, -0.2) is 22.2 Å². The van der Waals surface area contributed by atoms with Crippen molar-refractivity contribution in [3.8, 4) is 0 Å². The normalized spacial score (nSPS) is 26.1. The largest absolute Gasteiger partial charge is 0.351 e. The van der Waals surface area contributed by atoms with Gasteiger partial charge in [-0.3, -0.25) is 4.98 Å². The Morgan fingerprint density at radius 3 is 2.33 bits per heavy atom. The summed E-state index contributed by atoms with van der Waals surface area (Å²) in [5, 5.41) is 0. The standard InChI is InChI=1S/C23H36BN3/c1-17-9-7-13-19(14-8-10-17)24-22-15-20-23(27-22)26-21(16-25-20)18-11-5-3-2-4-6-12-18/h15-19,24H,2-14H2,1H3,(H,26,27). The molecule has 2 aromatic heterocycles. The van der Waals surface area contributed by atoms with E-state index in [1.54, 1.807) is 0 Å². The van der Waals surface area contributed by atoms with Crippen molar-refractivity contribution in [2.45, 2.75) is 102 Å². The van der Waals surface area contributed by atoms with Gasteiger partial charge >= 0.3 is 0 Å². The van der Waals surface area contributed by atoms with Crippen LogP contribution in [-0.2, 0) is 0 Å². The van der Waals surface area contributed by atoms with Gasteiger partial charge < -0.3 is 4.98 Å². The van der Waals surface area contributed by atoms with Gasteiger partial charge in [-0.2, -0.15) is 0 Å². The predicted molar refractivity (Wildman–Crippen MR) is 116 cm³/mol. The molecule has 1 N–H and O–H groups in total. The van der Waals surface area contributed by atoms with Gasteiger partial charge in [0, 0.05) is 12.1 Å². The summed E-state index contributed by atoms with van der Waals surface area (Å²) < 4.78 is 0. The molecule has 2 aliphatic rings. The van der Waals surface area contributed by atoms with Crippen molar-refractivity contribution < 1.29 is 0 Å². The Labute approximate surface area is 165 Å². The average molecular weight is 365 g/mol. The number of rotatable bonds is 3. The first kappa shape index (κ1) is 19.0. The van der Waals surface area contributed by atoms with E-state index < -0.39 is 0 Å². The molecule has 2 heterocycles. The molecule has 2 aliphatic carbocycles. The molecule has 2 fully saturated rings. The topological polar surface area (TPSA) is 41.6 Å². The predicted octanol–water partition coefficient (Wildman–Crippen LogP) is 5.63. The number of fused-ring (bicyclic) bond motifs is 1. The monoisotopic (exact) mass is 365 g/mol. The van der Waals surface area contributed by atoms with Crippen molar-refractivity contribution in [1.29, 1.82) is 0 Å². The Hall–Kier alpha value is -1.32. The molecular formula is C23H36BN3. The second-order valence-corrected chi connectivity index (χ2v) is 9.40. The Morgan fingerprint density at radius 2 is 1.59 bits per heavy atom. The van der Waals surface area contributed by atoms with Crippen LogP contribution in [0, 0.1) is 5.92 Å². The highest BCUT2D eigenvalue weighted by molar-refractivity contribution is 6.54. The number of hydrogen-bond acceptors (Lipinski definition) is 2. The number of hydrogen-bond donors (Lipinski definition) is 1. The van der Waals surface area contributed by atoms with Crippen LogP contribution in [0.4, 0.5) is 0 Å². The van der Waals surface area contributed by atoms with Crippen molar-refractivity contribution >= 4 is 24.0 Å². The molecule has 2 aromatic rings. The summed E-state index contributed by atoms with van der Waals surface area (Å²) in [7, 11) is 1.17. The van der Waals surface area contributed by atoms with Crippen molar-refractivity contribution in [2.75, 3.05) is 0 Å². The number of H-pyrrole nitrogens is 1. The molecule has 0 bridgehead atoms. The number of nitrogens with one attached hydrogen (secondary N) is 1. The molecular weight excluding hydrogens is 329 g/mol. The van der Waals surface area contributed by atoms with Crippen molar-refractivity contribution in [3.63, 3.8) is 0 Å². The van der Waals surface area contributed by atoms with E-state index in [1.807, 2.05) is 0 Å². The Bertz CT molecular complexity index is 707. The molecule has 0 aromatic carbocycles. The van der Waals surface area contributed by atoms with E-state index in [4.69, 9.17) is 9.97 Å². The third kappa shape index (κ3) is 5.15. The van der Waals surface area contributed by atoms with Gasteiger partial charge in [0.25, 0.3) is 0 Å². The number of aromatic nitrogens is 3. The SMILES string of the molecule is CC1CCCC(Bc2cc3ncc(C4CCCCCCC4)nc3[nH]2)CCC1. The summed E-state index contributed by atoms with van der Waals surface area (Å²) in [6.07, 6.45) is 19.9. The lowest BCUT2D eigenvalue weighted by Crippen LogP contribution is -2.21. The molecule has 3 nitrogen and oxygen atoms in total. The van der Waals surface area contributed by atoms with E-state index in [2.05, 4.69) is 24.2 Å². The molecule has 0 amide bonds. The van der Waals surface area contributed by atoms with Gasteiger partial charge in [0.15, 0.2) is 12.9 Å². The van der Waals surface area contributed by atoms with Crippen molar-refractivity contribution in [2.24, 2.45) is 5.92 Å². The Kier molecular flexibility index (Phi) is 6.52. The van der Waals surface area contributed by atoms with E-state index >= 15 is 0 Å². The van der Waals surface area contributed by atoms with Crippen LogP contribution in [0.3, 0.4) is 0 Å². The zero-order valence-corrected chi connectivity index (χ0v) is 17.2. The third-order valence-corrected chi connectivity index (χ3v) is 7.06. The minimum Gasteiger partial charge on any atom is -0.351 e. The van der Waals surface area contributed by atoms with Crippen molar-refractivity contribution in [1.82, 2.24) is 15.0 Å². The van der Waals surface area contributed by atoms with Gasteiger partial charge in [0.05, 0.1) is 5.69 Å². The van der Waals surface area contributed by atoms with Crippen LogP contribution in [0.5, 0.6) is 0 Å². The van der Waals surface area contributed by atoms with Gasteiger partial charge in [-0.25, -0.2) is 4.98 Å². The summed E-state index contributed by atoms with van der Waals surface area (Å²) >= 11 is 0. The Balaban J connectivity index is 1.44. The third-order valence-electron chi connectivity index (χ3n) is 7.06. The van der Waals surface area contributed by atoms with Gasteiger partial charge in [-0.15, -0.1) is 0 Å². The van der Waals surface area contributed by atoms with Crippen molar-refractivity contribution in [3.05, 3.63) is 18.0 Å². The molecule has 4 rings (SSSR count). The summed E-state index contributed by atoms with van der Waals surface area (Å²) in [6.45, 7) is 2.42. The zero-order chi connectivity index (χ0) is 18.5. The molecule has 0 spiro atoms. The first-order valence-corrected chi connectivity index (χ1v) is 11.6. The number of aromatic amines is 1. The van der Waals surface area contributed by atoms with Crippen LogP contribution in [0.25, 0.3) is 11.2 Å². The molecule has 2 saturated carbocycles. The van der Waals surface area contributed by atoms with Gasteiger partial charge in [-0.05, 0) is 30.4 Å². The van der Waals surface area contributed by atoms with E-state index in [-0.39, 0.29) is 0 Å². The summed E-state index contributed by atoms with van der Waals surface area (Å²) in [4.78, 5) is 13.4. The first-order chi connectivity index (χ1) is 13.3. The summed E-state index contributed by atoms with van der Waals surface area (Å²) in [6, 6.07) is 2.26. The molecule has 146 valence electrons. The average Bonchev–Trinajstić information content (AvgIpc) is 3.01. The highest BCUT2D eigenvalue weighted by Gasteiger charge is 2.19. The van der Waals surface area contributed by atoms with E-state index in [9.17, 15) is 0 Å². The van der Waals surface area contributed by atoms with Crippen LogP contribution < -0.4 is 5.59 Å². The molecule has 0 atom stereocenters. The molecule has 0 unspecified atom stereocenters. The minimum absolute atomic E-state index is 0.613. The van der Waals surface area contributed by atoms with Crippen LogP contribution in [0.2, 0.25) is 5.82 Å². The summed E-state index contributed by atoms with van der Waals surface area (Å²) in [5.41, 5.74) is 4.64. The van der Waals surface area contributed by atoms with Gasteiger partial charge in [0.2, 0.25) is 0 Å². The molecule has 0 aliphatic heterocycles. The fourth-order valence-corrected chi connectivity index (χ4v) is 5.34. The Morgan fingerprint density at radius 1 is 0.889 bits per heavy atom. The summed E-state index contributed by atoms with van der Waals surface area (Å²) in [5.74, 6) is 2.37. The van der Waals surface area contributed by atoms with Crippen LogP contribution in [0.15, 0.2) is 12.3 Å². The molecule has 0 saturated heterocycles. The molecule has 27 heavy (non-hydrogen) atoms. The fraction of sp³-hybridized carbons (Fsp3) is 0.739. The highest BCUT2D eigenvalue weighted by atomic mass is 14.9. The molecule has 0 radical (unpaired) electrons. The second-order valence-electron chi connectivity index (χ2n) is 9.40. The second kappa shape index (κ2) is 9.25. The van der Waals surface area contributed by atoms with E-state index in [1.165, 1.54) is 102 Å². The highest BCUT2D eigenvalue weighted by Crippen LogP contribution is 2.31. The maximum atomic E-state index is 5.01. The van der Waals surface area contributed by atoms with Crippen LogP contribution in [0.1, 0.15) is 102 Å². The first-order valence-electron chi connectivity index (χ1n) is 11.6. The number of nitrogens with zero attached hydrogens (tertiary/aromatic N) is 2. The lowest BCUT2D eigenvalue weighted by Gasteiger charge is -2.21. The quantitative estimate of drug-likeness (QED) is 0.717. The lowest BCUT2D eigenvalue weighted by atomic mass is 9.57.